The van der Waals surface area contributed by atoms with Crippen LogP contribution in [-0.2, 0) is 15.1 Å². The van der Waals surface area contributed by atoms with Crippen LogP contribution in [0.1, 0.15) is 42.4 Å². The number of carbonyl (C=O) groups excluding carboxylic acids is 1. The Bertz CT molecular complexity index is 920. The Hall–Kier alpha value is -3.11. The van der Waals surface area contributed by atoms with E-state index in [1.807, 2.05) is 59.5 Å². The highest BCUT2D eigenvalue weighted by molar-refractivity contribution is 5.70. The van der Waals surface area contributed by atoms with Gasteiger partial charge in [-0.1, -0.05) is 104 Å². The van der Waals surface area contributed by atoms with Gasteiger partial charge in [0.05, 0.1) is 13.2 Å². The first-order valence-corrected chi connectivity index (χ1v) is 11.5. The lowest BCUT2D eigenvalue weighted by Crippen LogP contribution is -2.37. The zero-order valence-electron chi connectivity index (χ0n) is 18.2. The molecule has 0 N–H and O–H groups in total. The molecule has 0 radical (unpaired) electrons. The SMILES string of the molecule is O=C1O[C@H](COC(c2ccccc2)(c2ccccc2)c2ccccc2)CN1C1CCCC1. The maximum absolute atomic E-state index is 12.6. The number of nitrogens with zero attached hydrogens (tertiary/aromatic N) is 1. The predicted octanol–water partition coefficient (Wildman–Crippen LogP) is 5.76. The molecule has 1 aliphatic carbocycles. The summed E-state index contributed by atoms with van der Waals surface area (Å²) in [4.78, 5) is 14.5. The van der Waals surface area contributed by atoms with Crippen LogP contribution >= 0.6 is 0 Å². The first-order valence-electron chi connectivity index (χ1n) is 11.5. The monoisotopic (exact) mass is 427 g/mol. The van der Waals surface area contributed by atoms with E-state index in [0.717, 1.165) is 29.5 Å². The van der Waals surface area contributed by atoms with E-state index in [2.05, 4.69) is 36.4 Å². The van der Waals surface area contributed by atoms with Gasteiger partial charge in [0.2, 0.25) is 0 Å². The van der Waals surface area contributed by atoms with E-state index >= 15 is 0 Å². The second-order valence-corrected chi connectivity index (χ2v) is 8.69. The second-order valence-electron chi connectivity index (χ2n) is 8.69. The van der Waals surface area contributed by atoms with Crippen molar-refractivity contribution in [3.63, 3.8) is 0 Å². The molecule has 1 aliphatic heterocycles. The van der Waals surface area contributed by atoms with Crippen LogP contribution in [0.2, 0.25) is 0 Å². The van der Waals surface area contributed by atoms with E-state index in [0.29, 0.717) is 19.2 Å². The molecule has 32 heavy (non-hydrogen) atoms. The van der Waals surface area contributed by atoms with E-state index in [1.165, 1.54) is 12.8 Å². The average molecular weight is 428 g/mol. The highest BCUT2D eigenvalue weighted by atomic mass is 16.6. The summed E-state index contributed by atoms with van der Waals surface area (Å²) in [5.41, 5.74) is 2.36. The van der Waals surface area contributed by atoms with Crippen LogP contribution in [0, 0.1) is 0 Å². The second kappa shape index (κ2) is 9.17. The molecule has 4 heteroatoms. The molecule has 3 aromatic carbocycles. The van der Waals surface area contributed by atoms with Gasteiger partial charge >= 0.3 is 6.09 Å². The van der Waals surface area contributed by atoms with E-state index in [-0.39, 0.29) is 12.2 Å². The Morgan fingerprint density at radius 3 is 1.72 bits per heavy atom. The fraction of sp³-hybridized carbons (Fsp3) is 0.321. The number of hydrogen-bond donors (Lipinski definition) is 0. The fourth-order valence-electron chi connectivity index (χ4n) is 5.13. The molecule has 1 heterocycles. The molecule has 164 valence electrons. The molecule has 1 saturated carbocycles. The highest BCUT2D eigenvalue weighted by Crippen LogP contribution is 2.41. The third kappa shape index (κ3) is 3.91. The molecule has 2 aliphatic rings. The first-order chi connectivity index (χ1) is 15.8. The molecule has 0 unspecified atom stereocenters. The summed E-state index contributed by atoms with van der Waals surface area (Å²) in [5.74, 6) is 0. The summed E-state index contributed by atoms with van der Waals surface area (Å²) in [7, 11) is 0. The summed E-state index contributed by atoms with van der Waals surface area (Å²) < 4.78 is 12.6. The van der Waals surface area contributed by atoms with Crippen molar-refractivity contribution in [2.75, 3.05) is 13.2 Å². The minimum Gasteiger partial charge on any atom is -0.442 e. The maximum atomic E-state index is 12.6. The summed E-state index contributed by atoms with van der Waals surface area (Å²) >= 11 is 0. The van der Waals surface area contributed by atoms with Gasteiger partial charge in [-0.25, -0.2) is 4.79 Å². The molecule has 5 rings (SSSR count). The van der Waals surface area contributed by atoms with E-state index < -0.39 is 5.60 Å². The van der Waals surface area contributed by atoms with Crippen molar-refractivity contribution in [2.45, 2.75) is 43.4 Å². The number of hydrogen-bond acceptors (Lipinski definition) is 3. The lowest BCUT2D eigenvalue weighted by Gasteiger charge is -2.36. The van der Waals surface area contributed by atoms with Gasteiger partial charge in [-0.05, 0) is 29.5 Å². The van der Waals surface area contributed by atoms with Gasteiger partial charge in [0, 0.05) is 6.04 Å². The Labute approximate surface area is 189 Å². The Balaban J connectivity index is 1.49. The fourth-order valence-corrected chi connectivity index (χ4v) is 5.13. The van der Waals surface area contributed by atoms with E-state index in [9.17, 15) is 4.79 Å². The predicted molar refractivity (Wildman–Crippen MR) is 124 cm³/mol. The van der Waals surface area contributed by atoms with Gasteiger partial charge in [-0.15, -0.1) is 0 Å². The summed E-state index contributed by atoms with van der Waals surface area (Å²) in [6, 6.07) is 31.2. The lowest BCUT2D eigenvalue weighted by atomic mass is 9.80. The summed E-state index contributed by atoms with van der Waals surface area (Å²) in [6.07, 6.45) is 4.05. The Morgan fingerprint density at radius 1 is 0.781 bits per heavy atom. The van der Waals surface area contributed by atoms with Gasteiger partial charge in [0.25, 0.3) is 0 Å². The molecule has 1 saturated heterocycles. The molecular weight excluding hydrogens is 398 g/mol. The van der Waals surface area contributed by atoms with Crippen molar-refractivity contribution in [1.29, 1.82) is 0 Å². The molecule has 4 nitrogen and oxygen atoms in total. The number of ether oxygens (including phenoxy) is 2. The average Bonchev–Trinajstić information content (AvgIpc) is 3.51. The molecule has 2 fully saturated rings. The van der Waals surface area contributed by atoms with Gasteiger partial charge in [0.1, 0.15) is 11.7 Å². The number of amides is 1. The van der Waals surface area contributed by atoms with Crippen molar-refractivity contribution in [3.05, 3.63) is 108 Å². The van der Waals surface area contributed by atoms with Crippen molar-refractivity contribution in [3.8, 4) is 0 Å². The minimum atomic E-state index is -0.795. The zero-order chi connectivity index (χ0) is 21.8. The Morgan fingerprint density at radius 2 is 1.25 bits per heavy atom. The van der Waals surface area contributed by atoms with Crippen molar-refractivity contribution >= 4 is 6.09 Å². The van der Waals surface area contributed by atoms with Crippen molar-refractivity contribution < 1.29 is 14.3 Å². The van der Waals surface area contributed by atoms with Crippen LogP contribution in [0.5, 0.6) is 0 Å². The third-order valence-electron chi connectivity index (χ3n) is 6.69. The topological polar surface area (TPSA) is 38.8 Å². The zero-order valence-corrected chi connectivity index (χ0v) is 18.2. The van der Waals surface area contributed by atoms with E-state index in [1.54, 1.807) is 0 Å². The standard InChI is InChI=1S/C28H29NO3/c30-27-29(25-18-10-11-19-25)20-26(32-27)21-31-28(22-12-4-1-5-13-22,23-14-6-2-7-15-23)24-16-8-3-9-17-24/h1-9,12-17,25-26H,10-11,18-21H2/t26-/m0/s1. The largest absolute Gasteiger partial charge is 0.442 e. The number of cyclic esters (lactones) is 1. The van der Waals surface area contributed by atoms with Gasteiger partial charge in [-0.2, -0.15) is 0 Å². The van der Waals surface area contributed by atoms with E-state index in [4.69, 9.17) is 9.47 Å². The van der Waals surface area contributed by atoms with Crippen LogP contribution in [0.25, 0.3) is 0 Å². The summed E-state index contributed by atoms with van der Waals surface area (Å²) in [5, 5.41) is 0. The van der Waals surface area contributed by atoms with Gasteiger partial charge in [0.15, 0.2) is 0 Å². The van der Waals surface area contributed by atoms with Crippen LogP contribution in [0.4, 0.5) is 4.79 Å². The molecule has 3 aromatic rings. The van der Waals surface area contributed by atoms with Crippen LogP contribution < -0.4 is 0 Å². The normalized spacial score (nSPS) is 19.3. The number of carbonyl (C=O) groups is 1. The molecule has 1 amide bonds. The van der Waals surface area contributed by atoms with Gasteiger partial charge < -0.3 is 14.4 Å². The lowest BCUT2D eigenvalue weighted by molar-refractivity contribution is -0.0298. The first kappa shape index (κ1) is 20.8. The highest BCUT2D eigenvalue weighted by Gasteiger charge is 2.41. The minimum absolute atomic E-state index is 0.199. The summed E-state index contributed by atoms with van der Waals surface area (Å²) in [6.45, 7) is 0.922. The van der Waals surface area contributed by atoms with Crippen LogP contribution in [0.15, 0.2) is 91.0 Å². The molecule has 0 aromatic heterocycles. The number of rotatable bonds is 7. The van der Waals surface area contributed by atoms with Crippen molar-refractivity contribution in [2.24, 2.45) is 0 Å². The van der Waals surface area contributed by atoms with Gasteiger partial charge in [-0.3, -0.25) is 0 Å². The third-order valence-corrected chi connectivity index (χ3v) is 6.69. The molecule has 0 bridgehead atoms. The maximum Gasteiger partial charge on any atom is 0.410 e. The molecular formula is C28H29NO3. The van der Waals surface area contributed by atoms with Crippen LogP contribution in [0.3, 0.4) is 0 Å². The molecule has 0 spiro atoms. The molecule has 1 atom stereocenters. The smallest absolute Gasteiger partial charge is 0.410 e. The Kier molecular flexibility index (Phi) is 5.95. The van der Waals surface area contributed by atoms with Crippen LogP contribution in [-0.4, -0.2) is 36.3 Å². The number of benzene rings is 3. The quantitative estimate of drug-likeness (QED) is 0.450. The van der Waals surface area contributed by atoms with Crippen molar-refractivity contribution in [1.82, 2.24) is 4.90 Å².